The second-order valence-electron chi connectivity index (χ2n) is 5.65. The van der Waals surface area contributed by atoms with Crippen LogP contribution in [-0.4, -0.2) is 33.0 Å². The highest BCUT2D eigenvalue weighted by Crippen LogP contribution is 2.20. The molecule has 0 amide bonds. The van der Waals surface area contributed by atoms with Crippen molar-refractivity contribution in [3.63, 3.8) is 0 Å². The van der Waals surface area contributed by atoms with Crippen LogP contribution in [0.3, 0.4) is 0 Å². The highest BCUT2D eigenvalue weighted by Gasteiger charge is 2.17. The summed E-state index contributed by atoms with van der Waals surface area (Å²) >= 11 is 0. The third kappa shape index (κ3) is 5.08. The third-order valence-corrected chi connectivity index (χ3v) is 5.20. The number of benzene rings is 1. The maximum atomic E-state index is 12.1. The van der Waals surface area contributed by atoms with E-state index in [2.05, 4.69) is 11.0 Å². The van der Waals surface area contributed by atoms with Crippen LogP contribution >= 0.6 is 0 Å². The van der Waals surface area contributed by atoms with Gasteiger partial charge < -0.3 is 4.90 Å². The maximum Gasteiger partial charge on any atom is 0.296 e. The summed E-state index contributed by atoms with van der Waals surface area (Å²) in [5.41, 5.74) is 2.05. The predicted octanol–water partition coefficient (Wildman–Crippen LogP) is 2.98. The van der Waals surface area contributed by atoms with E-state index in [0.717, 1.165) is 37.1 Å². The summed E-state index contributed by atoms with van der Waals surface area (Å²) in [7, 11) is -3.69. The van der Waals surface area contributed by atoms with E-state index in [0.29, 0.717) is 13.0 Å². The minimum absolute atomic E-state index is 0.145. The van der Waals surface area contributed by atoms with Crippen LogP contribution in [0.1, 0.15) is 31.2 Å². The quantitative estimate of drug-likeness (QED) is 0.454. The van der Waals surface area contributed by atoms with Crippen LogP contribution in [0.25, 0.3) is 0 Å². The van der Waals surface area contributed by atoms with Crippen molar-refractivity contribution < 1.29 is 12.6 Å². The molecule has 1 aromatic rings. The zero-order chi connectivity index (χ0) is 16.7. The maximum absolute atomic E-state index is 12.1. The van der Waals surface area contributed by atoms with E-state index < -0.39 is 10.1 Å². The Labute approximate surface area is 138 Å². The summed E-state index contributed by atoms with van der Waals surface area (Å²) in [5, 5.41) is 8.80. The molecule has 1 fully saturated rings. The Balaban J connectivity index is 1.83. The lowest BCUT2D eigenvalue weighted by Gasteiger charge is -2.31. The molecule has 0 saturated carbocycles. The number of nitriles is 1. The molecule has 0 aromatic heterocycles. The topological polar surface area (TPSA) is 70.4 Å². The highest BCUT2D eigenvalue weighted by molar-refractivity contribution is 7.86. The lowest BCUT2D eigenvalue weighted by Crippen LogP contribution is -2.29. The van der Waals surface area contributed by atoms with E-state index in [-0.39, 0.29) is 11.5 Å². The summed E-state index contributed by atoms with van der Waals surface area (Å²) in [6, 6.07) is 8.70. The lowest BCUT2D eigenvalue weighted by molar-refractivity contribution is 0.248. The molecule has 0 radical (unpaired) electrons. The van der Waals surface area contributed by atoms with Crippen molar-refractivity contribution in [3.05, 3.63) is 41.6 Å². The van der Waals surface area contributed by atoms with Crippen LogP contribution in [0.4, 0.5) is 0 Å². The summed E-state index contributed by atoms with van der Waals surface area (Å²) in [6.07, 6.45) is 5.31. The smallest absolute Gasteiger partial charge is 0.296 e. The number of allylic oxidation sites excluding steroid dienone is 2. The molecule has 1 aliphatic heterocycles. The van der Waals surface area contributed by atoms with Gasteiger partial charge in [0.15, 0.2) is 0 Å². The van der Waals surface area contributed by atoms with Crippen LogP contribution in [0.5, 0.6) is 0 Å². The van der Waals surface area contributed by atoms with Crippen LogP contribution in [0, 0.1) is 18.3 Å². The van der Waals surface area contributed by atoms with Gasteiger partial charge in [-0.3, -0.25) is 4.18 Å². The molecule has 124 valence electrons. The van der Waals surface area contributed by atoms with Gasteiger partial charge in [0.1, 0.15) is 0 Å². The average molecular weight is 334 g/mol. The molecule has 5 nitrogen and oxygen atoms in total. The normalized spacial score (nSPS) is 17.2. The molecule has 1 heterocycles. The van der Waals surface area contributed by atoms with Gasteiger partial charge in [-0.15, -0.1) is 0 Å². The number of aryl methyl sites for hydroxylation is 1. The SMILES string of the molecule is Cc1ccc(S(=O)(=O)OCCCN2CCCC/C2=C\C#N)cc1. The van der Waals surface area contributed by atoms with Gasteiger partial charge in [0.2, 0.25) is 0 Å². The van der Waals surface area contributed by atoms with Crippen LogP contribution in [-0.2, 0) is 14.3 Å². The molecule has 0 aliphatic carbocycles. The van der Waals surface area contributed by atoms with Gasteiger partial charge in [-0.1, -0.05) is 17.7 Å². The largest absolute Gasteiger partial charge is 0.374 e. The van der Waals surface area contributed by atoms with Crippen molar-refractivity contribution in [1.29, 1.82) is 5.26 Å². The molecule has 23 heavy (non-hydrogen) atoms. The Morgan fingerprint density at radius 3 is 2.74 bits per heavy atom. The first-order chi connectivity index (χ1) is 11.0. The first-order valence-corrected chi connectivity index (χ1v) is 9.23. The molecule has 6 heteroatoms. The number of piperidine rings is 1. The molecule has 1 aromatic carbocycles. The van der Waals surface area contributed by atoms with Gasteiger partial charge >= 0.3 is 0 Å². The van der Waals surface area contributed by atoms with Crippen LogP contribution < -0.4 is 0 Å². The second kappa shape index (κ2) is 8.14. The Hall–Kier alpha value is -1.84. The van der Waals surface area contributed by atoms with Gasteiger partial charge in [0.05, 0.1) is 17.6 Å². The first kappa shape index (κ1) is 17.5. The summed E-state index contributed by atoms with van der Waals surface area (Å²) in [6.45, 7) is 3.67. The van der Waals surface area contributed by atoms with Crippen molar-refractivity contribution in [2.75, 3.05) is 19.7 Å². The molecule has 0 N–H and O–H groups in total. The molecule has 1 saturated heterocycles. The molecule has 0 bridgehead atoms. The van der Waals surface area contributed by atoms with E-state index in [4.69, 9.17) is 9.44 Å². The average Bonchev–Trinajstić information content (AvgIpc) is 2.54. The number of hydrogen-bond acceptors (Lipinski definition) is 5. The molecular weight excluding hydrogens is 312 g/mol. The fourth-order valence-corrected chi connectivity index (χ4v) is 3.54. The van der Waals surface area contributed by atoms with E-state index in [1.165, 1.54) is 0 Å². The number of rotatable bonds is 6. The van der Waals surface area contributed by atoms with E-state index in [1.807, 2.05) is 6.92 Å². The third-order valence-electron chi connectivity index (χ3n) is 3.87. The van der Waals surface area contributed by atoms with Crippen molar-refractivity contribution >= 4 is 10.1 Å². The van der Waals surface area contributed by atoms with E-state index in [9.17, 15) is 8.42 Å². The predicted molar refractivity (Wildman–Crippen MR) is 88.1 cm³/mol. The van der Waals surface area contributed by atoms with E-state index in [1.54, 1.807) is 30.3 Å². The number of likely N-dealkylation sites (tertiary alicyclic amines) is 1. The standard InChI is InChI=1S/C17H22N2O3S/c1-15-6-8-17(9-7-15)23(20,21)22-14-4-13-19-12-3-2-5-16(19)10-11-18/h6-10H,2-5,12-14H2,1H3/b16-10+. The second-order valence-corrected chi connectivity index (χ2v) is 7.27. The molecule has 1 aliphatic rings. The number of nitrogens with zero attached hydrogens (tertiary/aromatic N) is 2. The van der Waals surface area contributed by atoms with Gasteiger partial charge in [-0.25, -0.2) is 0 Å². The zero-order valence-electron chi connectivity index (χ0n) is 13.4. The molecule has 0 spiro atoms. The first-order valence-electron chi connectivity index (χ1n) is 7.82. The van der Waals surface area contributed by atoms with Crippen molar-refractivity contribution in [2.24, 2.45) is 0 Å². The van der Waals surface area contributed by atoms with Crippen LogP contribution in [0.15, 0.2) is 40.9 Å². The van der Waals surface area contributed by atoms with Crippen molar-refractivity contribution in [1.82, 2.24) is 4.90 Å². The van der Waals surface area contributed by atoms with Crippen molar-refractivity contribution in [3.8, 4) is 6.07 Å². The molecule has 0 atom stereocenters. The fraction of sp³-hybridized carbons (Fsp3) is 0.471. The minimum Gasteiger partial charge on any atom is -0.374 e. The van der Waals surface area contributed by atoms with E-state index >= 15 is 0 Å². The highest BCUT2D eigenvalue weighted by atomic mass is 32.2. The molecular formula is C17H22N2O3S. The summed E-state index contributed by atoms with van der Waals surface area (Å²) in [4.78, 5) is 2.33. The summed E-state index contributed by atoms with van der Waals surface area (Å²) in [5.74, 6) is 0. The Morgan fingerprint density at radius 2 is 2.04 bits per heavy atom. The molecule has 0 unspecified atom stereocenters. The lowest BCUT2D eigenvalue weighted by atomic mass is 10.1. The Morgan fingerprint density at radius 1 is 1.30 bits per heavy atom. The van der Waals surface area contributed by atoms with Crippen molar-refractivity contribution in [2.45, 2.75) is 37.5 Å². The fourth-order valence-electron chi connectivity index (χ4n) is 2.60. The summed E-state index contributed by atoms with van der Waals surface area (Å²) < 4.78 is 29.2. The van der Waals surface area contributed by atoms with Gasteiger partial charge in [-0.05, 0) is 44.7 Å². The zero-order valence-corrected chi connectivity index (χ0v) is 14.2. The number of hydrogen-bond donors (Lipinski definition) is 0. The molecule has 2 rings (SSSR count). The van der Waals surface area contributed by atoms with Gasteiger partial charge in [0.25, 0.3) is 10.1 Å². The Kier molecular flexibility index (Phi) is 6.20. The monoisotopic (exact) mass is 334 g/mol. The van der Waals surface area contributed by atoms with Gasteiger partial charge in [0, 0.05) is 24.9 Å². The minimum atomic E-state index is -3.69. The van der Waals surface area contributed by atoms with Crippen LogP contribution in [0.2, 0.25) is 0 Å². The van der Waals surface area contributed by atoms with Gasteiger partial charge in [-0.2, -0.15) is 13.7 Å². The Bertz CT molecular complexity index is 688.